The summed E-state index contributed by atoms with van der Waals surface area (Å²) in [5.41, 5.74) is 2.54. The molecule has 1 atom stereocenters. The lowest BCUT2D eigenvalue weighted by molar-refractivity contribution is -0.116. The summed E-state index contributed by atoms with van der Waals surface area (Å²) in [6.07, 6.45) is 0. The Morgan fingerprint density at radius 3 is 2.79 bits per heavy atom. The standard InChI is InChI=1S/C14H10BrClN2O/c15-10-3-1-2-4-12(10)17-13-9-7-8(16)5-6-11(9)18-14(13)19/h1-7,13,17H,(H,18,19). The van der Waals surface area contributed by atoms with Crippen molar-refractivity contribution < 1.29 is 4.79 Å². The summed E-state index contributed by atoms with van der Waals surface area (Å²) in [4.78, 5) is 12.0. The van der Waals surface area contributed by atoms with Gasteiger partial charge in [-0.15, -0.1) is 0 Å². The highest BCUT2D eigenvalue weighted by atomic mass is 79.9. The molecule has 1 aliphatic rings. The quantitative estimate of drug-likeness (QED) is 0.862. The highest BCUT2D eigenvalue weighted by molar-refractivity contribution is 9.10. The summed E-state index contributed by atoms with van der Waals surface area (Å²) in [6, 6.07) is 12.6. The summed E-state index contributed by atoms with van der Waals surface area (Å²) in [7, 11) is 0. The maximum atomic E-state index is 12.0. The first kappa shape index (κ1) is 12.5. The van der Waals surface area contributed by atoms with Crippen LogP contribution in [0.5, 0.6) is 0 Å². The molecule has 0 bridgehead atoms. The van der Waals surface area contributed by atoms with E-state index in [0.717, 1.165) is 21.4 Å². The molecule has 1 amide bonds. The second kappa shape index (κ2) is 4.87. The minimum atomic E-state index is -0.424. The lowest BCUT2D eigenvalue weighted by atomic mass is 10.1. The normalized spacial score (nSPS) is 16.9. The van der Waals surface area contributed by atoms with E-state index in [0.29, 0.717) is 5.02 Å². The number of carbonyl (C=O) groups is 1. The number of anilines is 2. The fraction of sp³-hybridized carbons (Fsp3) is 0.0714. The van der Waals surface area contributed by atoms with Crippen molar-refractivity contribution in [2.45, 2.75) is 6.04 Å². The van der Waals surface area contributed by atoms with Crippen molar-refractivity contribution in [3.63, 3.8) is 0 Å². The Morgan fingerprint density at radius 1 is 1.21 bits per heavy atom. The van der Waals surface area contributed by atoms with Gasteiger partial charge in [0.15, 0.2) is 0 Å². The van der Waals surface area contributed by atoms with Crippen molar-refractivity contribution in [1.82, 2.24) is 0 Å². The molecule has 0 spiro atoms. The zero-order valence-corrected chi connectivity index (χ0v) is 12.1. The van der Waals surface area contributed by atoms with Crippen LogP contribution < -0.4 is 10.6 Å². The first-order chi connectivity index (χ1) is 9.15. The molecule has 2 aromatic carbocycles. The first-order valence-corrected chi connectivity index (χ1v) is 6.93. The number of benzene rings is 2. The van der Waals surface area contributed by atoms with Crippen LogP contribution in [0.1, 0.15) is 11.6 Å². The molecule has 1 aliphatic heterocycles. The van der Waals surface area contributed by atoms with Crippen LogP contribution in [0.2, 0.25) is 5.02 Å². The molecule has 0 radical (unpaired) electrons. The second-order valence-corrected chi connectivity index (χ2v) is 5.57. The molecule has 0 aromatic heterocycles. The van der Waals surface area contributed by atoms with Crippen molar-refractivity contribution in [2.75, 3.05) is 10.6 Å². The third-order valence-corrected chi connectivity index (χ3v) is 3.94. The van der Waals surface area contributed by atoms with Gasteiger partial charge in [0.1, 0.15) is 6.04 Å². The van der Waals surface area contributed by atoms with Gasteiger partial charge in [0.2, 0.25) is 0 Å². The second-order valence-electron chi connectivity index (χ2n) is 4.28. The molecule has 0 aliphatic carbocycles. The van der Waals surface area contributed by atoms with Crippen LogP contribution in [0.15, 0.2) is 46.9 Å². The third-order valence-electron chi connectivity index (χ3n) is 3.02. The molecule has 19 heavy (non-hydrogen) atoms. The van der Waals surface area contributed by atoms with E-state index in [4.69, 9.17) is 11.6 Å². The number of amides is 1. The minimum Gasteiger partial charge on any atom is -0.369 e. The smallest absolute Gasteiger partial charge is 0.251 e. The van der Waals surface area contributed by atoms with Crippen molar-refractivity contribution >= 4 is 44.8 Å². The van der Waals surface area contributed by atoms with Gasteiger partial charge in [0.25, 0.3) is 5.91 Å². The van der Waals surface area contributed by atoms with Gasteiger partial charge < -0.3 is 10.6 Å². The van der Waals surface area contributed by atoms with Crippen LogP contribution in [0.25, 0.3) is 0 Å². The number of rotatable bonds is 2. The Morgan fingerprint density at radius 2 is 2.00 bits per heavy atom. The zero-order valence-electron chi connectivity index (χ0n) is 9.78. The molecule has 2 N–H and O–H groups in total. The van der Waals surface area contributed by atoms with E-state index in [2.05, 4.69) is 26.6 Å². The molecular formula is C14H10BrClN2O. The Kier molecular flexibility index (Phi) is 3.21. The Labute approximate surface area is 124 Å². The topological polar surface area (TPSA) is 41.1 Å². The van der Waals surface area contributed by atoms with Gasteiger partial charge in [-0.05, 0) is 46.3 Å². The van der Waals surface area contributed by atoms with Gasteiger partial charge in [-0.3, -0.25) is 4.79 Å². The number of para-hydroxylation sites is 1. The van der Waals surface area contributed by atoms with Gasteiger partial charge in [-0.2, -0.15) is 0 Å². The molecule has 3 rings (SSSR count). The number of carbonyl (C=O) groups excluding carboxylic acids is 1. The van der Waals surface area contributed by atoms with Gasteiger partial charge in [-0.1, -0.05) is 23.7 Å². The van der Waals surface area contributed by atoms with Crippen LogP contribution in [0.3, 0.4) is 0 Å². The predicted molar refractivity (Wildman–Crippen MR) is 80.6 cm³/mol. The van der Waals surface area contributed by atoms with E-state index in [9.17, 15) is 4.79 Å². The van der Waals surface area contributed by atoms with Gasteiger partial charge in [0.05, 0.1) is 0 Å². The van der Waals surface area contributed by atoms with E-state index >= 15 is 0 Å². The number of fused-ring (bicyclic) bond motifs is 1. The van der Waals surface area contributed by atoms with Crippen LogP contribution in [0.4, 0.5) is 11.4 Å². The Balaban J connectivity index is 1.97. The summed E-state index contributed by atoms with van der Waals surface area (Å²) < 4.78 is 0.915. The maximum absolute atomic E-state index is 12.0. The average Bonchev–Trinajstić information content (AvgIpc) is 2.69. The number of hydrogen-bond donors (Lipinski definition) is 2. The molecule has 96 valence electrons. The molecule has 0 fully saturated rings. The van der Waals surface area contributed by atoms with Crippen molar-refractivity contribution in [3.05, 3.63) is 57.5 Å². The Bertz CT molecular complexity index is 660. The van der Waals surface area contributed by atoms with Crippen molar-refractivity contribution in [1.29, 1.82) is 0 Å². The molecule has 2 aromatic rings. The summed E-state index contributed by atoms with van der Waals surface area (Å²) >= 11 is 9.45. The highest BCUT2D eigenvalue weighted by Crippen LogP contribution is 2.36. The van der Waals surface area contributed by atoms with E-state index in [1.54, 1.807) is 6.07 Å². The van der Waals surface area contributed by atoms with Gasteiger partial charge in [0, 0.05) is 26.4 Å². The predicted octanol–water partition coefficient (Wildman–Crippen LogP) is 4.21. The van der Waals surface area contributed by atoms with E-state index in [-0.39, 0.29) is 5.91 Å². The molecule has 5 heteroatoms. The van der Waals surface area contributed by atoms with E-state index in [1.165, 1.54) is 0 Å². The van der Waals surface area contributed by atoms with Crippen LogP contribution in [-0.4, -0.2) is 5.91 Å². The number of halogens is 2. The zero-order chi connectivity index (χ0) is 13.4. The highest BCUT2D eigenvalue weighted by Gasteiger charge is 2.30. The lowest BCUT2D eigenvalue weighted by Crippen LogP contribution is -2.19. The third kappa shape index (κ3) is 2.33. The average molecular weight is 338 g/mol. The Hall–Kier alpha value is -1.52. The first-order valence-electron chi connectivity index (χ1n) is 5.76. The molecule has 1 heterocycles. The summed E-state index contributed by atoms with van der Waals surface area (Å²) in [5.74, 6) is -0.0759. The van der Waals surface area contributed by atoms with E-state index in [1.807, 2.05) is 36.4 Å². The fourth-order valence-electron chi connectivity index (χ4n) is 2.11. The molecule has 0 saturated carbocycles. The minimum absolute atomic E-state index is 0.0759. The number of hydrogen-bond acceptors (Lipinski definition) is 2. The van der Waals surface area contributed by atoms with Crippen LogP contribution >= 0.6 is 27.5 Å². The summed E-state index contributed by atoms with van der Waals surface area (Å²) in [6.45, 7) is 0. The molecule has 3 nitrogen and oxygen atoms in total. The van der Waals surface area contributed by atoms with Crippen molar-refractivity contribution in [3.8, 4) is 0 Å². The monoisotopic (exact) mass is 336 g/mol. The van der Waals surface area contributed by atoms with Gasteiger partial charge in [-0.25, -0.2) is 0 Å². The molecular weight excluding hydrogens is 328 g/mol. The fourth-order valence-corrected chi connectivity index (χ4v) is 2.69. The largest absolute Gasteiger partial charge is 0.369 e. The summed E-state index contributed by atoms with van der Waals surface area (Å²) in [5, 5.41) is 6.68. The lowest BCUT2D eigenvalue weighted by Gasteiger charge is -2.14. The van der Waals surface area contributed by atoms with Crippen LogP contribution in [-0.2, 0) is 4.79 Å². The molecule has 0 saturated heterocycles. The van der Waals surface area contributed by atoms with E-state index < -0.39 is 6.04 Å². The molecule has 1 unspecified atom stereocenters. The van der Waals surface area contributed by atoms with Crippen LogP contribution in [0, 0.1) is 0 Å². The van der Waals surface area contributed by atoms with Gasteiger partial charge >= 0.3 is 0 Å². The van der Waals surface area contributed by atoms with Crippen molar-refractivity contribution in [2.24, 2.45) is 0 Å². The maximum Gasteiger partial charge on any atom is 0.251 e. The number of nitrogens with one attached hydrogen (secondary N) is 2. The SMILES string of the molecule is O=C1Nc2ccc(Cl)cc2C1Nc1ccccc1Br.